The molecule has 0 heterocycles. The summed E-state index contributed by atoms with van der Waals surface area (Å²) in [6.07, 6.45) is 1.44. The third-order valence-corrected chi connectivity index (χ3v) is 1.97. The molecule has 0 bridgehead atoms. The molecular formula is C10H18O2. The number of hydrogen-bond acceptors (Lipinski definition) is 2. The predicted molar refractivity (Wildman–Crippen MR) is 49.9 cm³/mol. The van der Waals surface area contributed by atoms with Crippen LogP contribution in [0.3, 0.4) is 0 Å². The Labute approximate surface area is 74.6 Å². The van der Waals surface area contributed by atoms with Crippen LogP contribution in [0.4, 0.5) is 0 Å². The van der Waals surface area contributed by atoms with Crippen LogP contribution in [0.5, 0.6) is 0 Å². The van der Waals surface area contributed by atoms with E-state index < -0.39 is 0 Å². The highest BCUT2D eigenvalue weighted by Crippen LogP contribution is 2.11. The number of carbonyl (C=O) groups excluding carboxylic acids is 1. The molecule has 70 valence electrons. The lowest BCUT2D eigenvalue weighted by Crippen LogP contribution is -2.04. The minimum atomic E-state index is -0.122. The topological polar surface area (TPSA) is 26.3 Å². The fourth-order valence-corrected chi connectivity index (χ4v) is 0.881. The van der Waals surface area contributed by atoms with Crippen molar-refractivity contribution in [3.8, 4) is 0 Å². The number of allylic oxidation sites excluding steroid dienone is 1. The molecule has 0 aliphatic rings. The van der Waals surface area contributed by atoms with Gasteiger partial charge in [0.1, 0.15) is 0 Å². The molecule has 0 unspecified atom stereocenters. The monoisotopic (exact) mass is 170 g/mol. The summed E-state index contributed by atoms with van der Waals surface area (Å²) in [5, 5.41) is 0. The third kappa shape index (κ3) is 4.16. The molecule has 0 aromatic carbocycles. The minimum absolute atomic E-state index is 0.122. The summed E-state index contributed by atoms with van der Waals surface area (Å²) >= 11 is 0. The first-order chi connectivity index (χ1) is 5.61. The number of carbonyl (C=O) groups is 1. The Hall–Kier alpha value is -0.790. The molecule has 0 aromatic heterocycles. The second-order valence-electron chi connectivity index (χ2n) is 2.90. The summed E-state index contributed by atoms with van der Waals surface area (Å²) in [5.41, 5.74) is 2.42. The van der Waals surface area contributed by atoms with Crippen LogP contribution in [0.15, 0.2) is 11.1 Å². The lowest BCUT2D eigenvalue weighted by Gasteiger charge is -2.04. The zero-order valence-corrected chi connectivity index (χ0v) is 8.44. The van der Waals surface area contributed by atoms with Crippen LogP contribution in [0, 0.1) is 0 Å². The molecule has 0 fully saturated rings. The van der Waals surface area contributed by atoms with Crippen molar-refractivity contribution in [3.05, 3.63) is 11.1 Å². The molecule has 0 aliphatic heterocycles. The Bertz CT molecular complexity index is 180. The van der Waals surface area contributed by atoms with E-state index in [1.165, 1.54) is 5.57 Å². The van der Waals surface area contributed by atoms with Gasteiger partial charge in [-0.05, 0) is 27.2 Å². The molecule has 0 spiro atoms. The lowest BCUT2D eigenvalue weighted by atomic mass is 10.1. The van der Waals surface area contributed by atoms with E-state index in [-0.39, 0.29) is 5.97 Å². The van der Waals surface area contributed by atoms with E-state index in [1.807, 2.05) is 13.8 Å². The summed E-state index contributed by atoms with van der Waals surface area (Å²) in [7, 11) is 0. The van der Waals surface area contributed by atoms with E-state index in [1.54, 1.807) is 0 Å². The van der Waals surface area contributed by atoms with E-state index in [9.17, 15) is 4.79 Å². The Morgan fingerprint density at radius 3 is 2.17 bits per heavy atom. The lowest BCUT2D eigenvalue weighted by molar-refractivity contribution is -0.142. The quantitative estimate of drug-likeness (QED) is 0.479. The number of rotatable bonds is 4. The van der Waals surface area contributed by atoms with Gasteiger partial charge >= 0.3 is 5.97 Å². The average molecular weight is 170 g/mol. The molecule has 0 rings (SSSR count). The van der Waals surface area contributed by atoms with Crippen molar-refractivity contribution in [2.45, 2.75) is 40.5 Å². The van der Waals surface area contributed by atoms with E-state index in [0.29, 0.717) is 13.0 Å². The van der Waals surface area contributed by atoms with Crippen LogP contribution in [0.2, 0.25) is 0 Å². The van der Waals surface area contributed by atoms with E-state index in [4.69, 9.17) is 4.74 Å². The van der Waals surface area contributed by atoms with Crippen molar-refractivity contribution in [1.29, 1.82) is 0 Å². The zero-order chi connectivity index (χ0) is 9.56. The summed E-state index contributed by atoms with van der Waals surface area (Å²) in [5.74, 6) is -0.122. The SMILES string of the molecule is CCOC(=O)CC(C)=C(C)CC. The first kappa shape index (κ1) is 11.2. The Morgan fingerprint density at radius 2 is 1.75 bits per heavy atom. The van der Waals surface area contributed by atoms with Gasteiger partial charge in [-0.15, -0.1) is 0 Å². The molecular weight excluding hydrogens is 152 g/mol. The second-order valence-corrected chi connectivity index (χ2v) is 2.90. The van der Waals surface area contributed by atoms with E-state index in [2.05, 4.69) is 13.8 Å². The smallest absolute Gasteiger partial charge is 0.309 e. The Kier molecular flexibility index (Phi) is 5.43. The second kappa shape index (κ2) is 5.81. The molecule has 12 heavy (non-hydrogen) atoms. The fraction of sp³-hybridized carbons (Fsp3) is 0.700. The van der Waals surface area contributed by atoms with Crippen molar-refractivity contribution in [2.75, 3.05) is 6.61 Å². The summed E-state index contributed by atoms with van der Waals surface area (Å²) in [6, 6.07) is 0. The van der Waals surface area contributed by atoms with E-state index in [0.717, 1.165) is 12.0 Å². The van der Waals surface area contributed by atoms with Crippen molar-refractivity contribution in [1.82, 2.24) is 0 Å². The Balaban J connectivity index is 3.99. The van der Waals surface area contributed by atoms with Crippen LogP contribution < -0.4 is 0 Å². The molecule has 0 atom stereocenters. The predicted octanol–water partition coefficient (Wildman–Crippen LogP) is 2.69. The number of ether oxygens (including phenoxy) is 1. The van der Waals surface area contributed by atoms with Crippen molar-refractivity contribution in [3.63, 3.8) is 0 Å². The van der Waals surface area contributed by atoms with Gasteiger partial charge in [0.05, 0.1) is 13.0 Å². The normalized spacial score (nSPS) is 12.3. The highest BCUT2D eigenvalue weighted by Gasteiger charge is 2.03. The van der Waals surface area contributed by atoms with Gasteiger partial charge in [-0.1, -0.05) is 18.1 Å². The minimum Gasteiger partial charge on any atom is -0.466 e. The highest BCUT2D eigenvalue weighted by atomic mass is 16.5. The van der Waals surface area contributed by atoms with E-state index >= 15 is 0 Å². The van der Waals surface area contributed by atoms with Crippen molar-refractivity contribution in [2.24, 2.45) is 0 Å². The van der Waals surface area contributed by atoms with Crippen LogP contribution in [-0.4, -0.2) is 12.6 Å². The molecule has 0 saturated carbocycles. The summed E-state index contributed by atoms with van der Waals surface area (Å²) in [6.45, 7) is 8.41. The van der Waals surface area contributed by atoms with Crippen LogP contribution in [0.1, 0.15) is 40.5 Å². The number of esters is 1. The van der Waals surface area contributed by atoms with Gasteiger partial charge in [0.2, 0.25) is 0 Å². The zero-order valence-electron chi connectivity index (χ0n) is 8.44. The third-order valence-electron chi connectivity index (χ3n) is 1.97. The molecule has 0 N–H and O–H groups in total. The van der Waals surface area contributed by atoms with Gasteiger partial charge in [-0.25, -0.2) is 0 Å². The van der Waals surface area contributed by atoms with Crippen molar-refractivity contribution < 1.29 is 9.53 Å². The van der Waals surface area contributed by atoms with Gasteiger partial charge in [0, 0.05) is 0 Å². The van der Waals surface area contributed by atoms with Gasteiger partial charge in [0.15, 0.2) is 0 Å². The first-order valence-corrected chi connectivity index (χ1v) is 4.42. The van der Waals surface area contributed by atoms with Gasteiger partial charge < -0.3 is 4.74 Å². The standard InChI is InChI=1S/C10H18O2/c1-5-8(3)9(4)7-10(11)12-6-2/h5-7H2,1-4H3. The largest absolute Gasteiger partial charge is 0.466 e. The summed E-state index contributed by atoms with van der Waals surface area (Å²) < 4.78 is 4.83. The van der Waals surface area contributed by atoms with Crippen LogP contribution >= 0.6 is 0 Å². The molecule has 2 nitrogen and oxygen atoms in total. The molecule has 0 amide bonds. The number of hydrogen-bond donors (Lipinski definition) is 0. The highest BCUT2D eigenvalue weighted by molar-refractivity contribution is 5.72. The Morgan fingerprint density at radius 1 is 1.17 bits per heavy atom. The molecule has 2 heteroatoms. The van der Waals surface area contributed by atoms with Crippen LogP contribution in [0.25, 0.3) is 0 Å². The van der Waals surface area contributed by atoms with Gasteiger partial charge in [0.25, 0.3) is 0 Å². The molecule has 0 saturated heterocycles. The first-order valence-electron chi connectivity index (χ1n) is 4.42. The fourth-order valence-electron chi connectivity index (χ4n) is 0.881. The molecule has 0 aliphatic carbocycles. The average Bonchev–Trinajstić information content (AvgIpc) is 2.03. The van der Waals surface area contributed by atoms with Gasteiger partial charge in [-0.2, -0.15) is 0 Å². The van der Waals surface area contributed by atoms with Crippen molar-refractivity contribution >= 4 is 5.97 Å². The summed E-state index contributed by atoms with van der Waals surface area (Å²) in [4.78, 5) is 11.0. The maximum atomic E-state index is 11.0. The maximum Gasteiger partial charge on any atom is 0.309 e. The molecule has 0 aromatic rings. The van der Waals surface area contributed by atoms with Gasteiger partial charge in [-0.3, -0.25) is 4.79 Å². The molecule has 0 radical (unpaired) electrons. The maximum absolute atomic E-state index is 11.0. The van der Waals surface area contributed by atoms with Crippen LogP contribution in [-0.2, 0) is 9.53 Å².